The number of nitriles is 1. The molecule has 0 radical (unpaired) electrons. The summed E-state index contributed by atoms with van der Waals surface area (Å²) in [6.07, 6.45) is 2.87. The highest BCUT2D eigenvalue weighted by Crippen LogP contribution is 2.28. The Kier molecular flexibility index (Phi) is 5.26. The average molecular weight is 417 g/mol. The van der Waals surface area contributed by atoms with Crippen LogP contribution in [0.1, 0.15) is 16.8 Å². The summed E-state index contributed by atoms with van der Waals surface area (Å²) in [4.78, 5) is 30.9. The Labute approximate surface area is 178 Å². The van der Waals surface area contributed by atoms with Gasteiger partial charge in [0, 0.05) is 24.2 Å². The van der Waals surface area contributed by atoms with Crippen LogP contribution in [0.5, 0.6) is 0 Å². The number of hydrogen-bond donors (Lipinski definition) is 1. The van der Waals surface area contributed by atoms with Crippen molar-refractivity contribution in [1.29, 1.82) is 5.26 Å². The molecule has 0 bridgehead atoms. The molecule has 1 aliphatic heterocycles. The van der Waals surface area contributed by atoms with E-state index in [1.165, 1.54) is 22.8 Å². The monoisotopic (exact) mass is 417 g/mol. The van der Waals surface area contributed by atoms with Gasteiger partial charge in [-0.3, -0.25) is 14.6 Å². The van der Waals surface area contributed by atoms with Crippen LogP contribution >= 0.6 is 0 Å². The Morgan fingerprint density at radius 3 is 2.74 bits per heavy atom. The Morgan fingerprint density at radius 2 is 2.10 bits per heavy atom. The zero-order valence-corrected chi connectivity index (χ0v) is 16.9. The molecule has 7 nitrogen and oxygen atoms in total. The Bertz CT molecular complexity index is 1280. The predicted octanol–water partition coefficient (Wildman–Crippen LogP) is 2.57. The molecule has 1 aliphatic rings. The van der Waals surface area contributed by atoms with Gasteiger partial charge in [-0.1, -0.05) is 18.7 Å². The van der Waals surface area contributed by atoms with E-state index in [0.29, 0.717) is 29.7 Å². The fraction of sp³-hybridized carbons (Fsp3) is 0.217. The number of anilines is 1. The molecule has 0 aliphatic carbocycles. The highest BCUT2D eigenvalue weighted by atomic mass is 19.1. The number of hydrogen-bond acceptors (Lipinski definition) is 5. The lowest BCUT2D eigenvalue weighted by molar-refractivity contribution is -0.129. The van der Waals surface area contributed by atoms with E-state index >= 15 is 0 Å². The number of fused-ring (bicyclic) bond motifs is 1. The number of aryl methyl sites for hydroxylation is 1. The van der Waals surface area contributed by atoms with Crippen LogP contribution in [0.15, 0.2) is 54.0 Å². The Morgan fingerprint density at radius 1 is 1.39 bits per heavy atom. The zero-order valence-electron chi connectivity index (χ0n) is 16.9. The third kappa shape index (κ3) is 3.78. The molecule has 0 atom stereocenters. The normalized spacial score (nSPS) is 13.5. The number of benzene rings is 1. The van der Waals surface area contributed by atoms with Crippen molar-refractivity contribution in [3.8, 4) is 6.07 Å². The van der Waals surface area contributed by atoms with E-state index < -0.39 is 5.56 Å². The van der Waals surface area contributed by atoms with E-state index in [-0.39, 0.29) is 29.9 Å². The molecule has 3 heterocycles. The predicted molar refractivity (Wildman–Crippen MR) is 115 cm³/mol. The summed E-state index contributed by atoms with van der Waals surface area (Å²) >= 11 is 0. The van der Waals surface area contributed by atoms with Crippen LogP contribution in [0, 0.1) is 24.1 Å². The zero-order chi connectivity index (χ0) is 22.1. The van der Waals surface area contributed by atoms with E-state index in [4.69, 9.17) is 0 Å². The maximum atomic E-state index is 13.3. The summed E-state index contributed by atoms with van der Waals surface area (Å²) in [7, 11) is 0. The molecule has 1 fully saturated rings. The van der Waals surface area contributed by atoms with Crippen molar-refractivity contribution in [3.05, 3.63) is 82.2 Å². The summed E-state index contributed by atoms with van der Waals surface area (Å²) in [6, 6.07) is 9.65. The number of amides is 1. The number of rotatable bonds is 5. The minimum absolute atomic E-state index is 0.00583. The van der Waals surface area contributed by atoms with Gasteiger partial charge in [0.05, 0.1) is 30.0 Å². The second kappa shape index (κ2) is 8.03. The Hall–Kier alpha value is -3.99. The van der Waals surface area contributed by atoms with Crippen LogP contribution in [-0.2, 0) is 11.3 Å². The van der Waals surface area contributed by atoms with E-state index in [2.05, 4.69) is 16.9 Å². The van der Waals surface area contributed by atoms with Crippen molar-refractivity contribution in [2.75, 3.05) is 18.4 Å². The van der Waals surface area contributed by atoms with Gasteiger partial charge in [0.25, 0.3) is 5.56 Å². The summed E-state index contributed by atoms with van der Waals surface area (Å²) in [6.45, 7) is 6.41. The van der Waals surface area contributed by atoms with Crippen molar-refractivity contribution in [2.45, 2.75) is 19.5 Å². The summed E-state index contributed by atoms with van der Waals surface area (Å²) < 4.78 is 14.8. The van der Waals surface area contributed by atoms with Gasteiger partial charge in [0.1, 0.15) is 17.4 Å². The highest BCUT2D eigenvalue weighted by molar-refractivity contribution is 5.94. The SMILES string of the molecule is C=CC(=O)N1CC(Nc2c(C#N)c(=O)n(Cc3ccc(F)cc3)c3cnc(C)cc23)C1. The smallest absolute Gasteiger partial charge is 0.271 e. The first-order chi connectivity index (χ1) is 14.9. The van der Waals surface area contributed by atoms with Gasteiger partial charge in [0.2, 0.25) is 5.91 Å². The molecule has 156 valence electrons. The molecule has 31 heavy (non-hydrogen) atoms. The maximum absolute atomic E-state index is 13.3. The lowest BCUT2D eigenvalue weighted by Crippen LogP contribution is -2.56. The maximum Gasteiger partial charge on any atom is 0.271 e. The highest BCUT2D eigenvalue weighted by Gasteiger charge is 2.31. The van der Waals surface area contributed by atoms with Gasteiger partial charge in [-0.2, -0.15) is 5.26 Å². The summed E-state index contributed by atoms with van der Waals surface area (Å²) in [5.41, 5.74) is 2.02. The molecule has 0 unspecified atom stereocenters. The molecule has 4 rings (SSSR count). The van der Waals surface area contributed by atoms with Crippen molar-refractivity contribution in [1.82, 2.24) is 14.5 Å². The topological polar surface area (TPSA) is 91.0 Å². The summed E-state index contributed by atoms with van der Waals surface area (Å²) in [5, 5.41) is 13.8. The number of likely N-dealkylation sites (tertiary alicyclic amines) is 1. The fourth-order valence-corrected chi connectivity index (χ4v) is 3.72. The third-order valence-corrected chi connectivity index (χ3v) is 5.37. The van der Waals surface area contributed by atoms with E-state index in [1.54, 1.807) is 23.2 Å². The van der Waals surface area contributed by atoms with Crippen LogP contribution in [0.25, 0.3) is 10.9 Å². The largest absolute Gasteiger partial charge is 0.377 e. The van der Waals surface area contributed by atoms with Crippen molar-refractivity contribution in [3.63, 3.8) is 0 Å². The second-order valence-electron chi connectivity index (χ2n) is 7.51. The van der Waals surface area contributed by atoms with Gasteiger partial charge in [-0.05, 0) is 36.8 Å². The quantitative estimate of drug-likeness (QED) is 0.645. The number of nitrogens with one attached hydrogen (secondary N) is 1. The second-order valence-corrected chi connectivity index (χ2v) is 7.51. The van der Waals surface area contributed by atoms with Gasteiger partial charge in [-0.15, -0.1) is 0 Å². The number of halogens is 1. The Balaban J connectivity index is 1.78. The lowest BCUT2D eigenvalue weighted by Gasteiger charge is -2.39. The van der Waals surface area contributed by atoms with E-state index in [9.17, 15) is 19.2 Å². The van der Waals surface area contributed by atoms with Crippen molar-refractivity contribution >= 4 is 22.5 Å². The number of aromatic nitrogens is 2. The lowest BCUT2D eigenvalue weighted by atomic mass is 10.0. The molecule has 1 saturated heterocycles. The van der Waals surface area contributed by atoms with Gasteiger partial charge < -0.3 is 14.8 Å². The molecule has 1 aromatic carbocycles. The third-order valence-electron chi connectivity index (χ3n) is 5.37. The van der Waals surface area contributed by atoms with Crippen LogP contribution in [-0.4, -0.2) is 39.5 Å². The average Bonchev–Trinajstić information content (AvgIpc) is 2.73. The first-order valence-electron chi connectivity index (χ1n) is 9.77. The molecule has 0 saturated carbocycles. The van der Waals surface area contributed by atoms with Gasteiger partial charge >= 0.3 is 0 Å². The molecule has 3 aromatic rings. The molecule has 0 spiro atoms. The van der Waals surface area contributed by atoms with Gasteiger partial charge in [0.15, 0.2) is 0 Å². The molecular formula is C23H20FN5O2. The minimum atomic E-state index is -0.453. The van der Waals surface area contributed by atoms with Gasteiger partial charge in [-0.25, -0.2) is 4.39 Å². The van der Waals surface area contributed by atoms with E-state index in [0.717, 1.165) is 11.3 Å². The number of carbonyl (C=O) groups is 1. The van der Waals surface area contributed by atoms with E-state index in [1.807, 2.05) is 19.1 Å². The molecule has 2 aromatic heterocycles. The first kappa shape index (κ1) is 20.3. The summed E-state index contributed by atoms with van der Waals surface area (Å²) in [5.74, 6) is -0.516. The minimum Gasteiger partial charge on any atom is -0.377 e. The van der Waals surface area contributed by atoms with Crippen LogP contribution in [0.3, 0.4) is 0 Å². The van der Waals surface area contributed by atoms with Crippen molar-refractivity contribution < 1.29 is 9.18 Å². The van der Waals surface area contributed by atoms with Crippen molar-refractivity contribution in [2.24, 2.45) is 0 Å². The number of nitrogens with zero attached hydrogens (tertiary/aromatic N) is 4. The first-order valence-corrected chi connectivity index (χ1v) is 9.77. The molecule has 1 amide bonds. The molecule has 8 heteroatoms. The number of carbonyl (C=O) groups excluding carboxylic acids is 1. The molecular weight excluding hydrogens is 397 g/mol. The van der Waals surface area contributed by atoms with Crippen LogP contribution in [0.4, 0.5) is 10.1 Å². The standard InChI is InChI=1S/C23H20FN5O2/c1-3-21(30)28-12-17(13-28)27-22-18-8-14(2)26-10-20(18)29(23(31)19(22)9-25)11-15-4-6-16(24)7-5-15/h3-8,10,17,27H,1,11-13H2,2H3. The molecule has 1 N–H and O–H groups in total. The van der Waals surface area contributed by atoms with Crippen LogP contribution in [0.2, 0.25) is 0 Å². The fourth-order valence-electron chi connectivity index (χ4n) is 3.72. The number of pyridine rings is 2. The van der Waals surface area contributed by atoms with Crippen LogP contribution < -0.4 is 10.9 Å².